The first-order valence-electron chi connectivity index (χ1n) is 7.94. The fourth-order valence-electron chi connectivity index (χ4n) is 4.29. The Labute approximate surface area is 134 Å². The second-order valence-corrected chi connectivity index (χ2v) is 6.39. The molecule has 1 aromatic rings. The maximum absolute atomic E-state index is 12.9. The zero-order valence-electron chi connectivity index (χ0n) is 13.2. The summed E-state index contributed by atoms with van der Waals surface area (Å²) in [5.41, 5.74) is 0.562. The van der Waals surface area contributed by atoms with Gasteiger partial charge in [-0.15, -0.1) is 0 Å². The van der Waals surface area contributed by atoms with Crippen molar-refractivity contribution in [2.24, 2.45) is 23.7 Å². The summed E-state index contributed by atoms with van der Waals surface area (Å²) in [6.07, 6.45) is 6.25. The summed E-state index contributed by atoms with van der Waals surface area (Å²) in [4.78, 5) is 27.1. The van der Waals surface area contributed by atoms with Gasteiger partial charge in [0.15, 0.2) is 11.5 Å². The Hall–Kier alpha value is -2.30. The molecular formula is C18H19NO4. The van der Waals surface area contributed by atoms with Crippen molar-refractivity contribution in [3.63, 3.8) is 0 Å². The van der Waals surface area contributed by atoms with E-state index in [1.54, 1.807) is 32.4 Å². The second-order valence-electron chi connectivity index (χ2n) is 6.39. The van der Waals surface area contributed by atoms with Crippen molar-refractivity contribution in [1.82, 2.24) is 0 Å². The molecule has 0 radical (unpaired) electrons. The number of nitrogens with zero attached hydrogens (tertiary/aromatic N) is 1. The number of rotatable bonds is 3. The van der Waals surface area contributed by atoms with Crippen LogP contribution < -0.4 is 14.4 Å². The number of allylic oxidation sites excluding steroid dienone is 2. The lowest BCUT2D eigenvalue weighted by Crippen LogP contribution is -2.38. The Bertz CT molecular complexity index is 679. The van der Waals surface area contributed by atoms with E-state index in [2.05, 4.69) is 12.2 Å². The van der Waals surface area contributed by atoms with Gasteiger partial charge in [-0.25, -0.2) is 4.90 Å². The molecule has 2 bridgehead atoms. The summed E-state index contributed by atoms with van der Waals surface area (Å²) in [7, 11) is 3.10. The summed E-state index contributed by atoms with van der Waals surface area (Å²) in [6, 6.07) is 5.16. The molecule has 0 aromatic heterocycles. The average Bonchev–Trinajstić information content (AvgIpc) is 2.88. The van der Waals surface area contributed by atoms with Gasteiger partial charge in [0.05, 0.1) is 31.7 Å². The lowest BCUT2D eigenvalue weighted by molar-refractivity contribution is -0.124. The highest BCUT2D eigenvalue weighted by Crippen LogP contribution is 2.50. The summed E-state index contributed by atoms with van der Waals surface area (Å²) >= 11 is 0. The van der Waals surface area contributed by atoms with Crippen LogP contribution in [0.15, 0.2) is 30.4 Å². The van der Waals surface area contributed by atoms with Gasteiger partial charge >= 0.3 is 0 Å². The smallest absolute Gasteiger partial charge is 0.238 e. The topological polar surface area (TPSA) is 55.8 Å². The van der Waals surface area contributed by atoms with Crippen molar-refractivity contribution in [2.75, 3.05) is 19.1 Å². The Morgan fingerprint density at radius 3 is 1.96 bits per heavy atom. The van der Waals surface area contributed by atoms with Gasteiger partial charge in [0.1, 0.15) is 0 Å². The van der Waals surface area contributed by atoms with Crippen LogP contribution in [0.2, 0.25) is 0 Å². The van der Waals surface area contributed by atoms with E-state index in [0.29, 0.717) is 17.2 Å². The first-order chi connectivity index (χ1) is 11.2. The highest BCUT2D eigenvalue weighted by atomic mass is 16.5. The fourth-order valence-corrected chi connectivity index (χ4v) is 4.29. The molecule has 0 N–H and O–H groups in total. The van der Waals surface area contributed by atoms with E-state index in [9.17, 15) is 9.59 Å². The minimum atomic E-state index is -0.195. The molecule has 0 unspecified atom stereocenters. The van der Waals surface area contributed by atoms with Gasteiger partial charge in [-0.05, 0) is 36.8 Å². The zero-order chi connectivity index (χ0) is 16.1. The molecule has 2 fully saturated rings. The summed E-state index contributed by atoms with van der Waals surface area (Å²) in [5, 5.41) is 0. The molecule has 5 nitrogen and oxygen atoms in total. The van der Waals surface area contributed by atoms with Gasteiger partial charge in [0.2, 0.25) is 11.8 Å². The molecule has 23 heavy (non-hydrogen) atoms. The number of hydrogen-bond donors (Lipinski definition) is 0. The molecule has 1 aromatic carbocycles. The Morgan fingerprint density at radius 1 is 0.913 bits per heavy atom. The van der Waals surface area contributed by atoms with E-state index >= 15 is 0 Å². The standard InChI is InChI=1S/C18H19NO4/c1-22-13-8-7-12(9-14(13)23-2)19-17(20)15-10-3-4-11(6-5-10)16(15)18(19)21/h3-4,7-11,15-16H,5-6H2,1-2H3/t10-,11-,15+,16+/m1/s1. The lowest BCUT2D eigenvalue weighted by Gasteiger charge is -2.38. The number of fused-ring (bicyclic) bond motifs is 1. The average molecular weight is 313 g/mol. The van der Waals surface area contributed by atoms with E-state index in [0.717, 1.165) is 12.8 Å². The molecular weight excluding hydrogens is 294 g/mol. The van der Waals surface area contributed by atoms with Crippen LogP contribution in [0.3, 0.4) is 0 Å². The lowest BCUT2D eigenvalue weighted by atomic mass is 9.63. The van der Waals surface area contributed by atoms with E-state index in [1.807, 2.05) is 0 Å². The first kappa shape index (κ1) is 14.3. The molecule has 4 aliphatic rings. The van der Waals surface area contributed by atoms with Gasteiger partial charge < -0.3 is 9.47 Å². The third-order valence-electron chi connectivity index (χ3n) is 5.38. The number of carbonyl (C=O) groups excluding carboxylic acids is 2. The third-order valence-corrected chi connectivity index (χ3v) is 5.38. The molecule has 1 aliphatic heterocycles. The van der Waals surface area contributed by atoms with Gasteiger partial charge in [-0.2, -0.15) is 0 Å². The second kappa shape index (κ2) is 5.11. The highest BCUT2D eigenvalue weighted by molar-refractivity contribution is 6.22. The van der Waals surface area contributed by atoms with Crippen molar-refractivity contribution in [1.29, 1.82) is 0 Å². The monoisotopic (exact) mass is 313 g/mol. The molecule has 0 spiro atoms. The number of amides is 2. The Kier molecular flexibility index (Phi) is 3.18. The first-order valence-corrected chi connectivity index (χ1v) is 7.94. The largest absolute Gasteiger partial charge is 0.493 e. The quantitative estimate of drug-likeness (QED) is 0.635. The van der Waals surface area contributed by atoms with Crippen LogP contribution in [0, 0.1) is 23.7 Å². The van der Waals surface area contributed by atoms with Gasteiger partial charge in [0.25, 0.3) is 0 Å². The molecule has 2 amide bonds. The van der Waals surface area contributed by atoms with Gasteiger partial charge in [-0.3, -0.25) is 9.59 Å². The summed E-state index contributed by atoms with van der Waals surface area (Å²) < 4.78 is 10.5. The summed E-state index contributed by atoms with van der Waals surface area (Å²) in [6.45, 7) is 0. The van der Waals surface area contributed by atoms with Crippen molar-refractivity contribution >= 4 is 17.5 Å². The number of ether oxygens (including phenoxy) is 2. The number of anilines is 1. The Balaban J connectivity index is 1.73. The van der Waals surface area contributed by atoms with E-state index in [-0.39, 0.29) is 35.5 Å². The number of carbonyl (C=O) groups is 2. The number of methoxy groups -OCH3 is 2. The van der Waals surface area contributed by atoms with E-state index < -0.39 is 0 Å². The van der Waals surface area contributed by atoms with Crippen molar-refractivity contribution < 1.29 is 19.1 Å². The highest BCUT2D eigenvalue weighted by Gasteiger charge is 2.56. The predicted octanol–water partition coefficient (Wildman–Crippen LogP) is 2.41. The minimum absolute atomic E-state index is 0.0775. The van der Waals surface area contributed by atoms with E-state index in [4.69, 9.17) is 9.47 Å². The molecule has 1 saturated carbocycles. The van der Waals surface area contributed by atoms with Crippen LogP contribution in [0.1, 0.15) is 12.8 Å². The van der Waals surface area contributed by atoms with Crippen LogP contribution in [0.5, 0.6) is 11.5 Å². The van der Waals surface area contributed by atoms with Gasteiger partial charge in [-0.1, -0.05) is 12.2 Å². The van der Waals surface area contributed by atoms with E-state index in [1.165, 1.54) is 4.90 Å². The molecule has 3 aliphatic carbocycles. The summed E-state index contributed by atoms with van der Waals surface area (Å²) in [5.74, 6) is 0.950. The maximum atomic E-state index is 12.9. The zero-order valence-corrected chi connectivity index (χ0v) is 13.2. The molecule has 4 atom stereocenters. The van der Waals surface area contributed by atoms with Crippen molar-refractivity contribution in [3.8, 4) is 11.5 Å². The Morgan fingerprint density at radius 2 is 1.48 bits per heavy atom. The van der Waals surface area contributed by atoms with Crippen LogP contribution >= 0.6 is 0 Å². The molecule has 120 valence electrons. The SMILES string of the molecule is COc1ccc(N2C(=O)[C@@H]3[C@@H](C2=O)[C@@H]2C=C[C@@H]3CC2)cc1OC. The number of hydrogen-bond acceptors (Lipinski definition) is 4. The van der Waals surface area contributed by atoms with Crippen LogP contribution in [0.25, 0.3) is 0 Å². The maximum Gasteiger partial charge on any atom is 0.238 e. The minimum Gasteiger partial charge on any atom is -0.493 e. The predicted molar refractivity (Wildman–Crippen MR) is 84.4 cm³/mol. The van der Waals surface area contributed by atoms with Crippen LogP contribution in [-0.4, -0.2) is 26.0 Å². The van der Waals surface area contributed by atoms with Crippen molar-refractivity contribution in [2.45, 2.75) is 12.8 Å². The normalized spacial score (nSPS) is 31.5. The van der Waals surface area contributed by atoms with Crippen molar-refractivity contribution in [3.05, 3.63) is 30.4 Å². The molecule has 1 heterocycles. The van der Waals surface area contributed by atoms with Crippen LogP contribution in [0.4, 0.5) is 5.69 Å². The third kappa shape index (κ3) is 1.92. The fraction of sp³-hybridized carbons (Fsp3) is 0.444. The number of imide groups is 1. The van der Waals surface area contributed by atoms with Crippen LogP contribution in [-0.2, 0) is 9.59 Å². The molecule has 5 rings (SSSR count). The molecule has 5 heteroatoms. The molecule has 1 saturated heterocycles. The number of benzene rings is 1. The van der Waals surface area contributed by atoms with Gasteiger partial charge in [0, 0.05) is 6.07 Å².